The Morgan fingerprint density at radius 3 is 2.33 bits per heavy atom. The summed E-state index contributed by atoms with van der Waals surface area (Å²) in [5.41, 5.74) is 3.44. The number of carbonyl (C=O) groups is 1. The highest BCUT2D eigenvalue weighted by Crippen LogP contribution is 2.54. The molecule has 1 saturated carbocycles. The van der Waals surface area contributed by atoms with E-state index in [2.05, 4.69) is 14.9 Å². The number of halogens is 2. The summed E-state index contributed by atoms with van der Waals surface area (Å²) in [4.78, 5) is 17.8. The molecule has 3 heterocycles. The second-order valence-corrected chi connectivity index (χ2v) is 14.0. The molecule has 0 unspecified atom stereocenters. The molecule has 2 saturated heterocycles. The number of piperidine rings is 2. The summed E-state index contributed by atoms with van der Waals surface area (Å²) in [6.07, 6.45) is 4.60. The Morgan fingerprint density at radius 2 is 1.67 bits per heavy atom. The van der Waals surface area contributed by atoms with Crippen LogP contribution in [0.4, 0.5) is 25.8 Å². The molecule has 0 radical (unpaired) electrons. The molecule has 0 bridgehead atoms. The van der Waals surface area contributed by atoms with E-state index >= 15 is 0 Å². The van der Waals surface area contributed by atoms with Crippen LogP contribution in [0.15, 0.2) is 35.2 Å². The van der Waals surface area contributed by atoms with E-state index in [4.69, 9.17) is 4.74 Å². The summed E-state index contributed by atoms with van der Waals surface area (Å²) in [6.45, 7) is 3.57. The van der Waals surface area contributed by atoms with E-state index in [0.717, 1.165) is 31.5 Å². The largest absolute Gasteiger partial charge is 0.491 e. The lowest BCUT2D eigenvalue weighted by Crippen LogP contribution is -2.39. The second-order valence-electron chi connectivity index (χ2n) is 12.3. The molecule has 2 aromatic carbocycles. The summed E-state index contributed by atoms with van der Waals surface area (Å²) >= 11 is 0. The fourth-order valence-electron chi connectivity index (χ4n) is 6.27. The van der Waals surface area contributed by atoms with Gasteiger partial charge < -0.3 is 25.0 Å². The number of alkyl halides is 2. The fourth-order valence-corrected chi connectivity index (χ4v) is 7.52. The Labute approximate surface area is 245 Å². The third-order valence-electron chi connectivity index (χ3n) is 9.13. The SMILES string of the molecule is C[C@@H](CO)NS(=O)(=O)c1ccc(C(=O)Nc2cc3c(c(N4CCC(F)(F)CC4)c2)OCC3)c(N2CCC3(CC2)CC3)c1. The Hall–Kier alpha value is -2.96. The minimum atomic E-state index is -3.92. The van der Waals surface area contributed by atoms with Crippen LogP contribution < -0.4 is 24.6 Å². The van der Waals surface area contributed by atoms with Gasteiger partial charge in [0, 0.05) is 62.7 Å². The van der Waals surface area contributed by atoms with E-state index in [0.29, 0.717) is 46.8 Å². The van der Waals surface area contributed by atoms with Crippen LogP contribution in [0.2, 0.25) is 0 Å². The van der Waals surface area contributed by atoms with Crippen LogP contribution in [-0.4, -0.2) is 70.8 Å². The molecule has 1 amide bonds. The summed E-state index contributed by atoms with van der Waals surface area (Å²) in [7, 11) is -3.92. The molecule has 1 spiro atoms. The normalized spacial score (nSPS) is 21.5. The maximum Gasteiger partial charge on any atom is 0.257 e. The summed E-state index contributed by atoms with van der Waals surface area (Å²) in [6, 6.07) is 7.47. The second kappa shape index (κ2) is 10.9. The van der Waals surface area contributed by atoms with Gasteiger partial charge in [0.2, 0.25) is 10.0 Å². The number of ether oxygens (including phenoxy) is 1. The molecule has 12 heteroatoms. The first kappa shape index (κ1) is 29.1. The lowest BCUT2D eigenvalue weighted by atomic mass is 9.93. The first-order chi connectivity index (χ1) is 20.0. The van der Waals surface area contributed by atoms with Crippen LogP contribution in [0.3, 0.4) is 0 Å². The number of fused-ring (bicyclic) bond motifs is 1. The van der Waals surface area contributed by atoms with Gasteiger partial charge in [-0.3, -0.25) is 4.79 Å². The number of amides is 1. The minimum Gasteiger partial charge on any atom is -0.491 e. The molecule has 2 aromatic rings. The van der Waals surface area contributed by atoms with E-state index in [-0.39, 0.29) is 43.3 Å². The fraction of sp³-hybridized carbons (Fsp3) is 0.567. The van der Waals surface area contributed by atoms with E-state index in [1.807, 2.05) is 11.0 Å². The van der Waals surface area contributed by atoms with Crippen molar-refractivity contribution in [2.24, 2.45) is 5.41 Å². The highest BCUT2D eigenvalue weighted by Gasteiger charge is 2.45. The van der Waals surface area contributed by atoms with Gasteiger partial charge in [0.25, 0.3) is 11.8 Å². The Morgan fingerprint density at radius 1 is 1.00 bits per heavy atom. The quantitative estimate of drug-likeness (QED) is 0.415. The molecular weight excluding hydrogens is 566 g/mol. The average molecular weight is 605 g/mol. The van der Waals surface area contributed by atoms with E-state index in [1.54, 1.807) is 19.1 Å². The molecule has 1 atom stereocenters. The number of sulfonamides is 1. The van der Waals surface area contributed by atoms with Crippen LogP contribution in [0, 0.1) is 5.41 Å². The Kier molecular flexibility index (Phi) is 7.59. The van der Waals surface area contributed by atoms with Crippen molar-refractivity contribution in [3.8, 4) is 5.75 Å². The van der Waals surface area contributed by atoms with Gasteiger partial charge in [0.15, 0.2) is 0 Å². The van der Waals surface area contributed by atoms with Crippen molar-refractivity contribution in [1.29, 1.82) is 0 Å². The molecule has 3 fully saturated rings. The predicted molar refractivity (Wildman–Crippen MR) is 156 cm³/mol. The molecule has 42 heavy (non-hydrogen) atoms. The standard InChI is InChI=1S/C30H38F2N4O5S/c1-20(19-37)34-42(39,40)23-2-3-24(25(18-23)35-11-7-29(5-6-29)8-12-35)28(38)33-22-16-21-4-15-41-27(21)26(17-22)36-13-9-30(31,32)10-14-36/h2-3,16-18,20,34,37H,4-15,19H2,1H3,(H,33,38)/t20-/m0/s1. The zero-order valence-corrected chi connectivity index (χ0v) is 24.6. The van der Waals surface area contributed by atoms with Gasteiger partial charge in [-0.15, -0.1) is 0 Å². The zero-order valence-electron chi connectivity index (χ0n) is 23.8. The molecule has 0 aromatic heterocycles. The summed E-state index contributed by atoms with van der Waals surface area (Å²) in [5, 5.41) is 12.4. The summed E-state index contributed by atoms with van der Waals surface area (Å²) < 4.78 is 62.1. The number of anilines is 3. The van der Waals surface area contributed by atoms with E-state index in [9.17, 15) is 27.1 Å². The Balaban J connectivity index is 1.30. The third kappa shape index (κ3) is 5.93. The minimum absolute atomic E-state index is 0.0277. The zero-order chi connectivity index (χ0) is 29.7. The van der Waals surface area contributed by atoms with Gasteiger partial charge in [0.1, 0.15) is 5.75 Å². The highest BCUT2D eigenvalue weighted by atomic mass is 32.2. The highest BCUT2D eigenvalue weighted by molar-refractivity contribution is 7.89. The lowest BCUT2D eigenvalue weighted by molar-refractivity contribution is -0.0221. The van der Waals surface area contributed by atoms with Crippen molar-refractivity contribution < 1.29 is 31.8 Å². The van der Waals surface area contributed by atoms with Crippen molar-refractivity contribution >= 4 is 33.0 Å². The molecule has 4 aliphatic rings. The number of nitrogens with one attached hydrogen (secondary N) is 2. The third-order valence-corrected chi connectivity index (χ3v) is 10.7. The van der Waals surface area contributed by atoms with Crippen molar-refractivity contribution in [3.63, 3.8) is 0 Å². The van der Waals surface area contributed by atoms with Crippen LogP contribution >= 0.6 is 0 Å². The first-order valence-corrected chi connectivity index (χ1v) is 16.2. The molecule has 1 aliphatic carbocycles. The van der Waals surface area contributed by atoms with Crippen molar-refractivity contribution in [2.45, 2.75) is 68.7 Å². The molecule has 228 valence electrons. The van der Waals surface area contributed by atoms with E-state index in [1.165, 1.54) is 25.0 Å². The molecule has 6 rings (SSSR count). The predicted octanol–water partition coefficient (Wildman–Crippen LogP) is 4.15. The Bertz CT molecular complexity index is 1460. The number of aliphatic hydroxyl groups is 1. The molecule has 3 N–H and O–H groups in total. The van der Waals surface area contributed by atoms with Crippen LogP contribution in [0.25, 0.3) is 0 Å². The molecule has 3 aliphatic heterocycles. The number of carbonyl (C=O) groups excluding carboxylic acids is 1. The number of rotatable bonds is 8. The number of benzene rings is 2. The first-order valence-electron chi connectivity index (χ1n) is 14.7. The van der Waals surface area contributed by atoms with Gasteiger partial charge in [-0.25, -0.2) is 21.9 Å². The maximum atomic E-state index is 13.9. The maximum absolute atomic E-state index is 13.9. The van der Waals surface area contributed by atoms with E-state index < -0.39 is 22.0 Å². The number of hydrogen-bond acceptors (Lipinski definition) is 7. The monoisotopic (exact) mass is 604 g/mol. The van der Waals surface area contributed by atoms with Gasteiger partial charge in [-0.05, 0) is 68.4 Å². The topological polar surface area (TPSA) is 111 Å². The number of nitrogens with zero attached hydrogens (tertiary/aromatic N) is 2. The molecular formula is C30H38F2N4O5S. The number of aliphatic hydroxyl groups excluding tert-OH is 1. The van der Waals surface area contributed by atoms with Gasteiger partial charge >= 0.3 is 0 Å². The number of hydrogen-bond donors (Lipinski definition) is 3. The van der Waals surface area contributed by atoms with Crippen molar-refractivity contribution in [2.75, 3.05) is 54.5 Å². The van der Waals surface area contributed by atoms with Gasteiger partial charge in [-0.2, -0.15) is 0 Å². The summed E-state index contributed by atoms with van der Waals surface area (Å²) in [5.74, 6) is -2.38. The van der Waals surface area contributed by atoms with Crippen LogP contribution in [-0.2, 0) is 16.4 Å². The van der Waals surface area contributed by atoms with Crippen molar-refractivity contribution in [3.05, 3.63) is 41.5 Å². The smallest absolute Gasteiger partial charge is 0.257 e. The average Bonchev–Trinajstić information content (AvgIpc) is 3.54. The van der Waals surface area contributed by atoms with Crippen LogP contribution in [0.5, 0.6) is 5.75 Å². The molecule has 9 nitrogen and oxygen atoms in total. The van der Waals surface area contributed by atoms with Crippen LogP contribution in [0.1, 0.15) is 61.4 Å². The van der Waals surface area contributed by atoms with Crippen molar-refractivity contribution in [1.82, 2.24) is 4.72 Å². The lowest BCUT2D eigenvalue weighted by Gasteiger charge is -2.35. The van der Waals surface area contributed by atoms with Gasteiger partial charge in [-0.1, -0.05) is 0 Å². The van der Waals surface area contributed by atoms with Gasteiger partial charge in [0.05, 0.1) is 35.0 Å².